The van der Waals surface area contributed by atoms with Gasteiger partial charge in [-0.25, -0.2) is 24.9 Å². The van der Waals surface area contributed by atoms with Crippen molar-refractivity contribution >= 4 is 47.1 Å². The number of nitrogens with zero attached hydrogens (tertiary/aromatic N) is 18. The number of aliphatic hydroxyl groups excluding tert-OH is 1. The van der Waals surface area contributed by atoms with E-state index in [0.29, 0.717) is 144 Å². The Morgan fingerprint density at radius 2 is 0.954 bits per heavy atom. The lowest BCUT2D eigenvalue weighted by atomic mass is 9.68. The molecular weight excluding hydrogens is 1380 g/mol. The van der Waals surface area contributed by atoms with Gasteiger partial charge in [0.25, 0.3) is 5.89 Å². The second-order valence-electron chi connectivity index (χ2n) is 31.6. The summed E-state index contributed by atoms with van der Waals surface area (Å²) in [5.41, 5.74) is 4.29. The zero-order valence-electron chi connectivity index (χ0n) is 64.1. The third-order valence-corrected chi connectivity index (χ3v) is 21.7. The molecule has 584 valence electrons. The van der Waals surface area contributed by atoms with E-state index in [0.717, 1.165) is 82.0 Å². The molecule has 4 fully saturated rings. The largest absolute Gasteiger partial charge is 0.393 e. The Kier molecular flexibility index (Phi) is 28.0. The number of hydrogen-bond donors (Lipinski definition) is 9. The van der Waals surface area contributed by atoms with Crippen LogP contribution >= 0.6 is 0 Å². The summed E-state index contributed by atoms with van der Waals surface area (Å²) in [6.45, 7) is 28.6. The van der Waals surface area contributed by atoms with Crippen LogP contribution in [0.15, 0.2) is 81.9 Å². The molecule has 0 bridgehead atoms. The Hall–Kier alpha value is -10.7. The van der Waals surface area contributed by atoms with Gasteiger partial charge >= 0.3 is 5.92 Å². The van der Waals surface area contributed by atoms with Crippen LogP contribution < -0.4 is 42.5 Å². The lowest BCUT2D eigenvalue weighted by Gasteiger charge is -2.41. The number of hydrogen-bond acceptors (Lipinski definition) is 29. The molecule has 8 heterocycles. The van der Waals surface area contributed by atoms with Crippen molar-refractivity contribution in [3.05, 3.63) is 114 Å². The zero-order valence-corrected chi connectivity index (χ0v) is 64.1. The summed E-state index contributed by atoms with van der Waals surface area (Å²) in [7, 11) is 0. The van der Waals surface area contributed by atoms with Gasteiger partial charge in [0.1, 0.15) is 82.3 Å². The van der Waals surface area contributed by atoms with Crippen LogP contribution in [0.25, 0.3) is 0 Å². The molecule has 0 saturated heterocycles. The van der Waals surface area contributed by atoms with E-state index in [1.807, 2.05) is 30.7 Å². The highest BCUT2D eigenvalue weighted by Crippen LogP contribution is 2.44. The quantitative estimate of drug-likeness (QED) is 0.0257. The van der Waals surface area contributed by atoms with Crippen LogP contribution in [0.3, 0.4) is 0 Å². The van der Waals surface area contributed by atoms with Crippen LogP contribution in [-0.4, -0.2) is 131 Å². The third kappa shape index (κ3) is 23.6. The molecule has 0 spiro atoms. The van der Waals surface area contributed by atoms with Gasteiger partial charge < -0.3 is 65.8 Å². The molecule has 4 aliphatic carbocycles. The van der Waals surface area contributed by atoms with Gasteiger partial charge in [0.15, 0.2) is 5.82 Å². The molecule has 0 radical (unpaired) electrons. The normalized spacial score (nSPS) is 21.6. The number of alkyl halides is 2. The molecule has 8 aromatic heterocycles. The van der Waals surface area contributed by atoms with Crippen molar-refractivity contribution in [3.8, 4) is 24.3 Å². The van der Waals surface area contributed by atoms with Crippen LogP contribution in [0.1, 0.15) is 211 Å². The Balaban J connectivity index is 0.000000264. The number of aromatic nitrogens is 14. The number of imidazole rings is 1. The number of halogens is 2. The second-order valence-corrected chi connectivity index (χ2v) is 31.6. The van der Waals surface area contributed by atoms with Crippen molar-refractivity contribution < 1.29 is 33.2 Å². The first kappa shape index (κ1) is 81.3. The topological polar surface area (TPSA) is 424 Å². The van der Waals surface area contributed by atoms with E-state index >= 15 is 0 Å². The number of anilines is 8. The fraction of sp³-hybridized carbons (Fsp3) is 0.592. The lowest BCUT2D eigenvalue weighted by Crippen LogP contribution is -2.41. The monoisotopic (exact) mass is 1490 g/mol. The van der Waals surface area contributed by atoms with Gasteiger partial charge in [0.2, 0.25) is 23.8 Å². The van der Waals surface area contributed by atoms with Crippen LogP contribution in [0.2, 0.25) is 0 Å². The second kappa shape index (κ2) is 37.2. The molecular formula is C76H112F2N26O4. The fourth-order valence-corrected chi connectivity index (χ4v) is 13.7. The third-order valence-electron chi connectivity index (χ3n) is 21.7. The van der Waals surface area contributed by atoms with Gasteiger partial charge in [-0.3, -0.25) is 0 Å². The average Bonchev–Trinajstić information content (AvgIpc) is 1.10. The molecule has 8 aromatic rings. The van der Waals surface area contributed by atoms with E-state index in [2.05, 4.69) is 199 Å². The molecule has 108 heavy (non-hydrogen) atoms. The van der Waals surface area contributed by atoms with Gasteiger partial charge in [-0.05, 0) is 123 Å². The van der Waals surface area contributed by atoms with Crippen molar-refractivity contribution in [3.63, 3.8) is 0 Å². The van der Waals surface area contributed by atoms with Crippen LogP contribution in [-0.2, 0) is 31.7 Å². The highest BCUT2D eigenvalue weighted by Gasteiger charge is 2.39. The highest BCUT2D eigenvalue weighted by molar-refractivity contribution is 5.57. The van der Waals surface area contributed by atoms with Gasteiger partial charge in [-0.1, -0.05) is 91.6 Å². The summed E-state index contributed by atoms with van der Waals surface area (Å²) in [4.78, 5) is 42.5. The maximum Gasteiger partial charge on any atom is 0.322 e. The van der Waals surface area contributed by atoms with Crippen LogP contribution in [0.4, 0.5) is 55.8 Å². The van der Waals surface area contributed by atoms with E-state index in [1.165, 1.54) is 25.5 Å². The first-order valence-corrected chi connectivity index (χ1v) is 37.2. The Labute approximate surface area is 636 Å². The molecule has 0 aromatic carbocycles. The smallest absolute Gasteiger partial charge is 0.322 e. The standard InChI is InChI=1S/C19H25F2N7O2.C19H27N7.2C19H26N6O.4H2/c1-18(2)8-12(4-5-13(18)29)25-15-11(9-22)10-24-17(27-15)23-7-6-14-26-16(30-28-14)19(3,20)21;1-14-4-5-16(10-19(14,2)3)24-17-15(11-20)12-23-18(25-17)22-7-9-26-8-6-21-13-26;1-13-4-5-16(10-19(13,2)3)23-17-14(11-20)12-22-18(24-17)21-8-6-15-7-9-26-25-15;1-13-4-5-16(8-19(13,2)3)24-17-15(9-20)11-22-18(25-17)21-7-6-14-10-23-26-12-14;;;;/h10,12-13,29H,4-8H2,1-3H3,(H2,23,24,25,27);6,8,12-14,16H,4-5,7,9-10H2,1-3H3,(H2,22,23,24,25);7,9,12-13,16H,4-6,8,10H2,1-3H3,(H2,21,22,23,24);10-13,16H,4-8H2,1-3H3,(H2,21,22,24,25);4*1H/t12-,13+;14-,16+;2*13-,16+;;;;/m1000..../s1. The average molecular weight is 1490 g/mol. The maximum atomic E-state index is 13.2. The molecule has 0 aliphatic heterocycles. The fourth-order valence-electron chi connectivity index (χ4n) is 13.7. The van der Waals surface area contributed by atoms with E-state index in [4.69, 9.17) is 9.05 Å². The van der Waals surface area contributed by atoms with Gasteiger partial charge in [-0.15, -0.1) is 0 Å². The molecule has 32 heteroatoms. The van der Waals surface area contributed by atoms with Crippen LogP contribution in [0.5, 0.6) is 0 Å². The zero-order chi connectivity index (χ0) is 77.7. The van der Waals surface area contributed by atoms with Crippen molar-refractivity contribution in [2.24, 2.45) is 39.4 Å². The first-order valence-electron chi connectivity index (χ1n) is 37.2. The molecule has 0 unspecified atom stereocenters. The molecule has 0 amide bonds. The van der Waals surface area contributed by atoms with Gasteiger partial charge in [0, 0.05) is 106 Å². The minimum Gasteiger partial charge on any atom is -0.393 e. The van der Waals surface area contributed by atoms with E-state index in [1.54, 1.807) is 49.8 Å². The minimum atomic E-state index is -3.18. The van der Waals surface area contributed by atoms with Gasteiger partial charge in [-0.2, -0.15) is 54.7 Å². The van der Waals surface area contributed by atoms with Crippen LogP contribution in [0, 0.1) is 84.7 Å². The number of nitrogens with one attached hydrogen (secondary N) is 8. The molecule has 4 aliphatic rings. The highest BCUT2D eigenvalue weighted by atomic mass is 19.3. The summed E-state index contributed by atoms with van der Waals surface area (Å²) in [5.74, 6) is 2.49. The van der Waals surface area contributed by atoms with Gasteiger partial charge in [0.05, 0.1) is 49.1 Å². The lowest BCUT2D eigenvalue weighted by molar-refractivity contribution is -0.0158. The predicted octanol–water partition coefficient (Wildman–Crippen LogP) is 14.4. The van der Waals surface area contributed by atoms with Crippen molar-refractivity contribution in [2.75, 3.05) is 68.7 Å². The maximum absolute atomic E-state index is 13.2. The summed E-state index contributed by atoms with van der Waals surface area (Å²) < 4.78 is 42.5. The molecule has 12 rings (SSSR count). The van der Waals surface area contributed by atoms with E-state index in [-0.39, 0.29) is 52.3 Å². The summed E-state index contributed by atoms with van der Waals surface area (Å²) in [6.07, 6.45) is 30.1. The van der Waals surface area contributed by atoms with Crippen molar-refractivity contribution in [1.82, 2.24) is 69.9 Å². The summed E-state index contributed by atoms with van der Waals surface area (Å²) >= 11 is 0. The molecule has 9 N–H and O–H groups in total. The SMILES string of the molecule is CC(F)(F)c1nc(CCNc2ncc(C#N)c(N[C@@H]3CC[C@H](O)C(C)(C)C3)n2)no1.C[C@H]1CC[C@@H](Nc2nc(NCCc3ccon3)ncc2C#N)CC1(C)C.C[C@H]1CC[C@@H](Nc2nc(NCCc3cnoc3)ncc2C#N)CC1(C)C.C[C@H]1CC[C@@H](Nc2nc(NCCn3ccnc3)ncc2C#N)CC1(C)C.[HH].[HH].[HH].[HH]. The summed E-state index contributed by atoms with van der Waals surface area (Å²) in [6, 6.07) is 11.5. The minimum absolute atomic E-state index is 0. The molecule has 4 saturated carbocycles. The predicted molar refractivity (Wildman–Crippen MR) is 413 cm³/mol. The summed E-state index contributed by atoms with van der Waals surface area (Å²) in [5, 5.41) is 85.0. The molecule has 30 nitrogen and oxygen atoms in total. The van der Waals surface area contributed by atoms with E-state index in [9.17, 15) is 34.9 Å². The van der Waals surface area contributed by atoms with Crippen molar-refractivity contribution in [1.29, 1.82) is 21.0 Å². The first-order chi connectivity index (χ1) is 51.5. The Morgan fingerprint density at radius 3 is 1.31 bits per heavy atom. The number of rotatable bonds is 25. The molecule has 8 atom stereocenters. The van der Waals surface area contributed by atoms with E-state index < -0.39 is 11.8 Å². The number of aliphatic hydroxyl groups is 1. The Morgan fingerprint density at radius 1 is 0.537 bits per heavy atom. The Bertz CT molecular complexity index is 4020. The number of nitriles is 4. The van der Waals surface area contributed by atoms with Crippen molar-refractivity contribution in [2.45, 2.75) is 222 Å².